The van der Waals surface area contributed by atoms with Crippen LogP contribution in [0, 0.1) is 5.82 Å². The molecule has 0 unspecified atom stereocenters. The second-order valence-electron chi connectivity index (χ2n) is 9.17. The zero-order chi connectivity index (χ0) is 24.0. The van der Waals surface area contributed by atoms with E-state index < -0.39 is 11.4 Å². The summed E-state index contributed by atoms with van der Waals surface area (Å²) in [6, 6.07) is 9.43. The van der Waals surface area contributed by atoms with Gasteiger partial charge in [0, 0.05) is 29.7 Å². The van der Waals surface area contributed by atoms with Crippen LogP contribution in [0.15, 0.2) is 36.4 Å². The van der Waals surface area contributed by atoms with E-state index in [2.05, 4.69) is 5.43 Å². The molecule has 0 radical (unpaired) electrons. The number of benzene rings is 2. The van der Waals surface area contributed by atoms with E-state index in [4.69, 9.17) is 33.0 Å². The van der Waals surface area contributed by atoms with Crippen molar-refractivity contribution in [1.82, 2.24) is 20.2 Å². The third-order valence-electron chi connectivity index (χ3n) is 6.27. The van der Waals surface area contributed by atoms with Gasteiger partial charge in [-0.05, 0) is 57.0 Å². The van der Waals surface area contributed by atoms with Crippen LogP contribution in [0.2, 0.25) is 10.0 Å². The number of carbonyl (C=O) groups excluding carboxylic acids is 1. The number of hydrazine groups is 1. The molecule has 0 bridgehead atoms. The molecule has 2 aliphatic heterocycles. The van der Waals surface area contributed by atoms with Crippen molar-refractivity contribution >= 4 is 29.1 Å². The Labute approximate surface area is 207 Å². The van der Waals surface area contributed by atoms with E-state index in [1.807, 2.05) is 18.9 Å². The standard InChI is InChI=1S/C25H25Cl2FN4O2/c1-25(2)21-22(24(33)30-31-11-5-3-4-6-12-31)29-32(19-10-7-15(26)13-18(19)27)23(21)17-9-8-16(28)14-20(17)34-25/h7-10,13-14H,3-6,11-12H2,1-2H3,(H,30,33). The average Bonchev–Trinajstić information content (AvgIpc) is 2.99. The lowest BCUT2D eigenvalue weighted by Crippen LogP contribution is -2.44. The summed E-state index contributed by atoms with van der Waals surface area (Å²) in [5.41, 5.74) is 4.77. The molecule has 5 rings (SSSR count). The van der Waals surface area contributed by atoms with Crippen LogP contribution in [0.3, 0.4) is 0 Å². The zero-order valence-electron chi connectivity index (χ0n) is 19.0. The van der Waals surface area contributed by atoms with Crippen LogP contribution in [0.4, 0.5) is 4.39 Å². The van der Waals surface area contributed by atoms with Gasteiger partial charge in [-0.1, -0.05) is 36.0 Å². The van der Waals surface area contributed by atoms with Crippen molar-refractivity contribution in [1.29, 1.82) is 0 Å². The Bertz CT molecular complexity index is 1270. The Balaban J connectivity index is 1.69. The SMILES string of the molecule is CC1(C)Oc2cc(F)ccc2-c2c1c(C(=O)NN1CCCCCC1)nn2-c1ccc(Cl)cc1Cl. The molecule has 3 heterocycles. The molecule has 1 N–H and O–H groups in total. The third-order valence-corrected chi connectivity index (χ3v) is 6.81. The van der Waals surface area contributed by atoms with Crippen LogP contribution in [0.1, 0.15) is 55.6 Å². The van der Waals surface area contributed by atoms with Gasteiger partial charge in [0.1, 0.15) is 17.2 Å². The molecule has 1 amide bonds. The minimum Gasteiger partial charge on any atom is -0.482 e. The van der Waals surface area contributed by atoms with Crippen LogP contribution >= 0.6 is 23.2 Å². The molecular weight excluding hydrogens is 478 g/mol. The maximum absolute atomic E-state index is 14.1. The molecule has 6 nitrogen and oxygen atoms in total. The Hall–Kier alpha value is -2.61. The second kappa shape index (κ2) is 8.87. The van der Waals surface area contributed by atoms with E-state index in [0.29, 0.717) is 38.3 Å². The number of nitrogens with zero attached hydrogens (tertiary/aromatic N) is 3. The van der Waals surface area contributed by atoms with Crippen molar-refractivity contribution < 1.29 is 13.9 Å². The highest BCUT2D eigenvalue weighted by Crippen LogP contribution is 2.48. The summed E-state index contributed by atoms with van der Waals surface area (Å²) in [7, 11) is 0. The molecule has 9 heteroatoms. The van der Waals surface area contributed by atoms with Crippen LogP contribution in [-0.4, -0.2) is 33.8 Å². The first-order valence-corrected chi connectivity index (χ1v) is 12.1. The summed E-state index contributed by atoms with van der Waals surface area (Å²) in [4.78, 5) is 13.5. The summed E-state index contributed by atoms with van der Waals surface area (Å²) in [5.74, 6) is -0.347. The molecule has 3 aromatic rings. The molecule has 178 valence electrons. The molecule has 1 saturated heterocycles. The minimum absolute atomic E-state index is 0.241. The fourth-order valence-corrected chi connectivity index (χ4v) is 5.19. The molecule has 1 aromatic heterocycles. The van der Waals surface area contributed by atoms with E-state index >= 15 is 0 Å². The molecule has 0 aliphatic carbocycles. The van der Waals surface area contributed by atoms with Gasteiger partial charge in [0.25, 0.3) is 5.91 Å². The molecule has 0 atom stereocenters. The molecule has 2 aromatic carbocycles. The van der Waals surface area contributed by atoms with Gasteiger partial charge in [-0.3, -0.25) is 10.2 Å². The summed E-state index contributed by atoms with van der Waals surface area (Å²) in [6.07, 6.45) is 4.36. The zero-order valence-corrected chi connectivity index (χ0v) is 20.5. The molecule has 0 spiro atoms. The number of hydrogen-bond acceptors (Lipinski definition) is 4. The average molecular weight is 503 g/mol. The van der Waals surface area contributed by atoms with Crippen molar-refractivity contribution in [3.05, 3.63) is 63.5 Å². The fraction of sp³-hybridized carbons (Fsp3) is 0.360. The highest BCUT2D eigenvalue weighted by atomic mass is 35.5. The lowest BCUT2D eigenvalue weighted by atomic mass is 9.88. The summed E-state index contributed by atoms with van der Waals surface area (Å²) in [5, 5.41) is 7.56. The summed E-state index contributed by atoms with van der Waals surface area (Å²) < 4.78 is 21.9. The quantitative estimate of drug-likeness (QED) is 0.467. The van der Waals surface area contributed by atoms with Crippen molar-refractivity contribution in [2.45, 2.75) is 45.1 Å². The van der Waals surface area contributed by atoms with E-state index in [0.717, 1.165) is 38.8 Å². The van der Waals surface area contributed by atoms with Crippen molar-refractivity contribution in [3.8, 4) is 22.7 Å². The van der Waals surface area contributed by atoms with Gasteiger partial charge >= 0.3 is 0 Å². The van der Waals surface area contributed by atoms with Crippen LogP contribution in [-0.2, 0) is 5.60 Å². The summed E-state index contributed by atoms with van der Waals surface area (Å²) >= 11 is 12.7. The number of rotatable bonds is 3. The Morgan fingerprint density at radius 2 is 1.82 bits per heavy atom. The summed E-state index contributed by atoms with van der Waals surface area (Å²) in [6.45, 7) is 5.27. The highest BCUT2D eigenvalue weighted by molar-refractivity contribution is 6.35. The highest BCUT2D eigenvalue weighted by Gasteiger charge is 2.41. The van der Waals surface area contributed by atoms with Crippen LogP contribution in [0.5, 0.6) is 5.75 Å². The minimum atomic E-state index is -0.946. The Morgan fingerprint density at radius 1 is 1.09 bits per heavy atom. The number of fused-ring (bicyclic) bond motifs is 3. The van der Waals surface area contributed by atoms with E-state index in [-0.39, 0.29) is 11.6 Å². The number of nitrogens with one attached hydrogen (secondary N) is 1. The van der Waals surface area contributed by atoms with E-state index in [1.165, 1.54) is 12.1 Å². The first-order valence-electron chi connectivity index (χ1n) is 11.4. The predicted molar refractivity (Wildman–Crippen MR) is 130 cm³/mol. The number of amides is 1. The van der Waals surface area contributed by atoms with E-state index in [9.17, 15) is 9.18 Å². The van der Waals surface area contributed by atoms with Gasteiger partial charge in [0.15, 0.2) is 5.69 Å². The van der Waals surface area contributed by atoms with Gasteiger partial charge < -0.3 is 4.74 Å². The van der Waals surface area contributed by atoms with Gasteiger partial charge in [-0.2, -0.15) is 5.10 Å². The normalized spacial score (nSPS) is 17.3. The number of ether oxygens (including phenoxy) is 1. The van der Waals surface area contributed by atoms with Crippen LogP contribution < -0.4 is 10.2 Å². The number of halogens is 3. The monoisotopic (exact) mass is 502 g/mol. The van der Waals surface area contributed by atoms with Crippen molar-refractivity contribution in [3.63, 3.8) is 0 Å². The van der Waals surface area contributed by atoms with E-state index in [1.54, 1.807) is 28.9 Å². The Kier molecular flexibility index (Phi) is 6.04. The molecular formula is C25H25Cl2FN4O2. The third kappa shape index (κ3) is 4.17. The lowest BCUT2D eigenvalue weighted by molar-refractivity contribution is 0.0760. The second-order valence-corrected chi connectivity index (χ2v) is 10.0. The maximum atomic E-state index is 14.1. The van der Waals surface area contributed by atoms with Crippen molar-refractivity contribution in [2.75, 3.05) is 13.1 Å². The van der Waals surface area contributed by atoms with Gasteiger partial charge in [-0.25, -0.2) is 14.1 Å². The predicted octanol–water partition coefficient (Wildman–Crippen LogP) is 6.13. The largest absolute Gasteiger partial charge is 0.482 e. The fourth-order valence-electron chi connectivity index (χ4n) is 4.70. The molecule has 1 fully saturated rings. The number of aromatic nitrogens is 2. The smallest absolute Gasteiger partial charge is 0.286 e. The molecule has 2 aliphatic rings. The van der Waals surface area contributed by atoms with Gasteiger partial charge in [-0.15, -0.1) is 0 Å². The number of carbonyl (C=O) groups is 1. The molecule has 34 heavy (non-hydrogen) atoms. The van der Waals surface area contributed by atoms with Gasteiger partial charge in [0.05, 0.1) is 22.0 Å². The topological polar surface area (TPSA) is 59.4 Å². The first-order chi connectivity index (χ1) is 16.2. The van der Waals surface area contributed by atoms with Gasteiger partial charge in [0.2, 0.25) is 0 Å². The lowest BCUT2D eigenvalue weighted by Gasteiger charge is -2.33. The van der Waals surface area contributed by atoms with Crippen molar-refractivity contribution in [2.24, 2.45) is 0 Å². The van der Waals surface area contributed by atoms with Crippen LogP contribution in [0.25, 0.3) is 16.9 Å². The first kappa shape index (κ1) is 23.1. The molecule has 0 saturated carbocycles. The maximum Gasteiger partial charge on any atom is 0.286 e. The number of hydrogen-bond donors (Lipinski definition) is 1. The Morgan fingerprint density at radius 3 is 2.53 bits per heavy atom.